The second-order valence-electron chi connectivity index (χ2n) is 19.4. The van der Waals surface area contributed by atoms with Crippen LogP contribution in [0.15, 0.2) is 134 Å². The summed E-state index contributed by atoms with van der Waals surface area (Å²) in [6, 6.07) is 0. The highest BCUT2D eigenvalue weighted by Gasteiger charge is 2.28. The summed E-state index contributed by atoms with van der Waals surface area (Å²) in [4.78, 5) is 48.6. The van der Waals surface area contributed by atoms with Crippen LogP contribution >= 0.6 is 7.82 Å². The van der Waals surface area contributed by atoms with Gasteiger partial charge >= 0.3 is 25.7 Å². The van der Waals surface area contributed by atoms with Crippen molar-refractivity contribution in [2.45, 2.75) is 238 Å². The van der Waals surface area contributed by atoms with Crippen molar-refractivity contribution in [1.29, 1.82) is 0 Å². The molecule has 0 fully saturated rings. The Bertz CT molecular complexity index is 1820. The van der Waals surface area contributed by atoms with Crippen molar-refractivity contribution in [3.63, 3.8) is 0 Å². The van der Waals surface area contributed by atoms with Crippen LogP contribution in [0.4, 0.5) is 0 Å². The number of ether oxygens (including phenoxy) is 3. The first-order valence-electron chi connectivity index (χ1n) is 30.1. The number of carbonyl (C=O) groups excluding carboxylic acids is 3. The summed E-state index contributed by atoms with van der Waals surface area (Å²) in [5.41, 5.74) is 0. The van der Waals surface area contributed by atoms with E-state index >= 15 is 0 Å². The highest BCUT2D eigenvalue weighted by Crippen LogP contribution is 2.43. The van der Waals surface area contributed by atoms with Crippen molar-refractivity contribution in [2.24, 2.45) is 0 Å². The molecule has 442 valence electrons. The van der Waals surface area contributed by atoms with Gasteiger partial charge in [0.2, 0.25) is 0 Å². The van der Waals surface area contributed by atoms with E-state index in [4.69, 9.17) is 23.3 Å². The summed E-state index contributed by atoms with van der Waals surface area (Å²) in [6.45, 7) is 4.29. The fourth-order valence-electron chi connectivity index (χ4n) is 7.52. The van der Waals surface area contributed by atoms with Crippen LogP contribution in [-0.4, -0.2) is 66.5 Å². The first-order valence-corrected chi connectivity index (χ1v) is 31.6. The summed E-state index contributed by atoms with van der Waals surface area (Å²) in [7, 11) is -4.78. The van der Waals surface area contributed by atoms with Gasteiger partial charge in [0.05, 0.1) is 19.8 Å². The molecule has 0 rings (SSSR count). The van der Waals surface area contributed by atoms with Crippen molar-refractivity contribution >= 4 is 25.7 Å². The van der Waals surface area contributed by atoms with E-state index in [1.807, 2.05) is 0 Å². The maximum atomic E-state index is 12.9. The number of carbonyl (C=O) groups is 3. The first kappa shape index (κ1) is 73.6. The van der Waals surface area contributed by atoms with E-state index < -0.39 is 57.8 Å². The van der Waals surface area contributed by atoms with E-state index in [1.165, 1.54) is 25.7 Å². The minimum Gasteiger partial charge on any atom is -0.462 e. The lowest BCUT2D eigenvalue weighted by Crippen LogP contribution is -2.30. The Kier molecular flexibility index (Phi) is 55.5. The second kappa shape index (κ2) is 58.8. The monoisotopic (exact) mass is 1110 g/mol. The normalized spacial score (nSPS) is 14.3. The molecule has 0 heterocycles. The van der Waals surface area contributed by atoms with Gasteiger partial charge in [-0.05, 0) is 135 Å². The average molecular weight is 1110 g/mol. The fourth-order valence-corrected chi connectivity index (χ4v) is 8.30. The highest BCUT2D eigenvalue weighted by atomic mass is 31.2. The molecule has 0 saturated carbocycles. The minimum absolute atomic E-state index is 0.115. The van der Waals surface area contributed by atoms with Crippen LogP contribution in [0.1, 0.15) is 226 Å². The van der Waals surface area contributed by atoms with Gasteiger partial charge in [-0.25, -0.2) is 4.57 Å². The lowest BCUT2D eigenvalue weighted by atomic mass is 10.1. The van der Waals surface area contributed by atoms with E-state index in [-0.39, 0.29) is 25.9 Å². The molecule has 0 aromatic rings. The van der Waals surface area contributed by atoms with Gasteiger partial charge in [-0.15, -0.1) is 0 Å². The Labute approximate surface area is 474 Å². The summed E-state index contributed by atoms with van der Waals surface area (Å²) >= 11 is 0. The zero-order valence-corrected chi connectivity index (χ0v) is 49.7. The van der Waals surface area contributed by atoms with Crippen molar-refractivity contribution < 1.29 is 52.2 Å². The van der Waals surface area contributed by atoms with Gasteiger partial charge in [0.25, 0.3) is 0 Å². The number of phosphoric acid groups is 1. The van der Waals surface area contributed by atoms with Crippen molar-refractivity contribution in [3.05, 3.63) is 134 Å². The molecule has 0 amide bonds. The molecule has 78 heavy (non-hydrogen) atoms. The number of rotatable bonds is 54. The maximum Gasteiger partial charge on any atom is 0.472 e. The van der Waals surface area contributed by atoms with Crippen LogP contribution in [0, 0.1) is 0 Å². The average Bonchev–Trinajstić information content (AvgIpc) is 3.43. The molecule has 0 aliphatic heterocycles. The third-order valence-electron chi connectivity index (χ3n) is 12.0. The summed E-state index contributed by atoms with van der Waals surface area (Å²) in [6.07, 6.45) is 74.0. The number of unbranched alkanes of at least 4 members (excludes halogenated alkanes) is 15. The molecule has 0 aromatic heterocycles. The van der Waals surface area contributed by atoms with Crippen LogP contribution in [0.3, 0.4) is 0 Å². The number of hydrogen-bond acceptors (Lipinski definition) is 10. The van der Waals surface area contributed by atoms with Gasteiger partial charge in [0.1, 0.15) is 12.7 Å². The number of allylic oxidation sites excluding steroid dienone is 22. The number of hydrogen-bond donors (Lipinski definition) is 2. The molecule has 0 aliphatic carbocycles. The topological polar surface area (TPSA) is 155 Å². The van der Waals surface area contributed by atoms with Gasteiger partial charge < -0.3 is 24.2 Å². The predicted octanol–water partition coefficient (Wildman–Crippen LogP) is 18.1. The van der Waals surface area contributed by atoms with E-state index in [9.17, 15) is 28.9 Å². The molecule has 0 bridgehead atoms. The molecule has 12 heteroatoms. The molecular formula is C66H107O11P. The lowest BCUT2D eigenvalue weighted by molar-refractivity contribution is -0.161. The van der Waals surface area contributed by atoms with Crippen LogP contribution in [0.25, 0.3) is 0 Å². The second-order valence-corrected chi connectivity index (χ2v) is 20.8. The number of aliphatic hydroxyl groups is 1. The number of aliphatic hydroxyl groups excluding tert-OH is 1. The molecule has 11 nitrogen and oxygen atoms in total. The minimum atomic E-state index is -4.78. The Hall–Kier alpha value is -4.38. The molecule has 0 radical (unpaired) electrons. The van der Waals surface area contributed by atoms with Gasteiger partial charge in [-0.1, -0.05) is 206 Å². The Balaban J connectivity index is 4.85. The SMILES string of the molecule is CC/C=C\C/C=C\C/C=C\C/C=C\CCCCCCC(=O)OCC(COP(=O)(O)OCC(CO)OC(=O)CCCC/C=C\C/C=C\C/C=C\C/C=C\CC)OC(=O)CCCCCCCC/C=C\C/C=C\C/C=C\CCCCC. The zero-order chi connectivity index (χ0) is 56.9. The van der Waals surface area contributed by atoms with Gasteiger partial charge in [-0.3, -0.25) is 23.4 Å². The van der Waals surface area contributed by atoms with Gasteiger partial charge in [-0.2, -0.15) is 0 Å². The van der Waals surface area contributed by atoms with Gasteiger partial charge in [0.15, 0.2) is 6.10 Å². The Morgan fingerprint density at radius 1 is 0.372 bits per heavy atom. The standard InChI is InChI=1S/C66H107O11P/c1-4-7-10-13-16-19-22-25-28-30-31-33-36-39-42-45-48-51-54-57-66(70)77-63(59-73-64(68)55-52-49-46-43-40-37-35-32-29-26-23-20-17-14-11-8-5-2)61-75-78(71,72)74-60-62(58-67)76-65(69)56-53-50-47-44-41-38-34-27-24-21-18-15-12-9-6-3/h8-9,11-12,16-21,25-29,31,33-35,37,41,44,62-63,67H,4-7,10,13-15,22-24,30,32,36,38-40,42-43,45-61H2,1-3H3,(H,71,72)/b11-8-,12-9-,19-16-,20-17-,21-18-,28-25-,29-26-,33-31-,34-27-,37-35-,44-41-. The molecule has 0 saturated heterocycles. The third kappa shape index (κ3) is 56.3. The fraction of sp³-hybridized carbons (Fsp3) is 0.621. The van der Waals surface area contributed by atoms with E-state index in [0.29, 0.717) is 19.3 Å². The van der Waals surface area contributed by atoms with Crippen LogP contribution in [-0.2, 0) is 42.2 Å². The zero-order valence-electron chi connectivity index (χ0n) is 48.8. The molecule has 0 aromatic carbocycles. The molecule has 3 atom stereocenters. The van der Waals surface area contributed by atoms with Gasteiger partial charge in [0, 0.05) is 19.3 Å². The molecule has 2 N–H and O–H groups in total. The predicted molar refractivity (Wildman–Crippen MR) is 325 cm³/mol. The number of phosphoric ester groups is 1. The first-order chi connectivity index (χ1) is 38.2. The summed E-state index contributed by atoms with van der Waals surface area (Å²) < 4.78 is 39.5. The largest absolute Gasteiger partial charge is 0.472 e. The van der Waals surface area contributed by atoms with Crippen molar-refractivity contribution in [1.82, 2.24) is 0 Å². The van der Waals surface area contributed by atoms with Crippen molar-refractivity contribution in [2.75, 3.05) is 26.4 Å². The summed E-state index contributed by atoms with van der Waals surface area (Å²) in [5.74, 6) is -1.56. The maximum absolute atomic E-state index is 12.9. The molecule has 0 spiro atoms. The molecular weight excluding hydrogens is 1000 g/mol. The summed E-state index contributed by atoms with van der Waals surface area (Å²) in [5, 5.41) is 9.82. The highest BCUT2D eigenvalue weighted by molar-refractivity contribution is 7.47. The van der Waals surface area contributed by atoms with Crippen LogP contribution < -0.4 is 0 Å². The van der Waals surface area contributed by atoms with E-state index in [1.54, 1.807) is 0 Å². The smallest absolute Gasteiger partial charge is 0.462 e. The van der Waals surface area contributed by atoms with Crippen LogP contribution in [0.2, 0.25) is 0 Å². The lowest BCUT2D eigenvalue weighted by Gasteiger charge is -2.21. The Morgan fingerprint density at radius 3 is 1.05 bits per heavy atom. The van der Waals surface area contributed by atoms with Crippen molar-refractivity contribution in [3.8, 4) is 0 Å². The van der Waals surface area contributed by atoms with Crippen LogP contribution in [0.5, 0.6) is 0 Å². The quantitative estimate of drug-likeness (QED) is 0.0197. The molecule has 3 unspecified atom stereocenters. The number of esters is 3. The Morgan fingerprint density at radius 2 is 0.667 bits per heavy atom. The van der Waals surface area contributed by atoms with E-state index in [2.05, 4.69) is 154 Å². The molecule has 0 aliphatic rings. The third-order valence-corrected chi connectivity index (χ3v) is 13.0. The van der Waals surface area contributed by atoms with E-state index in [0.717, 1.165) is 141 Å².